The molecule has 1 saturated carbocycles. The summed E-state index contributed by atoms with van der Waals surface area (Å²) >= 11 is 0. The first-order valence-corrected chi connectivity index (χ1v) is 7.91. The van der Waals surface area contributed by atoms with Crippen molar-refractivity contribution in [2.75, 3.05) is 19.8 Å². The SMILES string of the molecule is Cc1cnc2c(C(=O)N3CCOCC3CC3CC3)cnn2c1. The summed E-state index contributed by atoms with van der Waals surface area (Å²) in [7, 11) is 0. The summed E-state index contributed by atoms with van der Waals surface area (Å²) in [5, 5.41) is 4.27. The highest BCUT2D eigenvalue weighted by Gasteiger charge is 2.34. The molecule has 6 heteroatoms. The maximum Gasteiger partial charge on any atom is 0.259 e. The van der Waals surface area contributed by atoms with E-state index in [1.807, 2.05) is 18.0 Å². The Bertz CT molecular complexity index is 707. The number of ether oxygens (including phenoxy) is 1. The first-order chi connectivity index (χ1) is 10.7. The monoisotopic (exact) mass is 300 g/mol. The number of rotatable bonds is 3. The molecule has 2 aliphatic rings. The van der Waals surface area contributed by atoms with E-state index in [0.717, 1.165) is 17.9 Å². The van der Waals surface area contributed by atoms with Crippen molar-refractivity contribution in [3.05, 3.63) is 29.7 Å². The lowest BCUT2D eigenvalue weighted by molar-refractivity contribution is -0.00560. The lowest BCUT2D eigenvalue weighted by Gasteiger charge is -2.35. The Labute approximate surface area is 129 Å². The number of hydrogen-bond acceptors (Lipinski definition) is 4. The van der Waals surface area contributed by atoms with Gasteiger partial charge in [0.05, 0.1) is 25.5 Å². The minimum absolute atomic E-state index is 0.0281. The Hall–Kier alpha value is -1.95. The number of nitrogens with zero attached hydrogens (tertiary/aromatic N) is 4. The van der Waals surface area contributed by atoms with Crippen LogP contribution < -0.4 is 0 Å². The molecule has 116 valence electrons. The van der Waals surface area contributed by atoms with Crippen LogP contribution in [0.1, 0.15) is 35.2 Å². The van der Waals surface area contributed by atoms with Gasteiger partial charge in [-0.2, -0.15) is 5.10 Å². The van der Waals surface area contributed by atoms with Crippen molar-refractivity contribution in [1.29, 1.82) is 0 Å². The molecule has 6 nitrogen and oxygen atoms in total. The number of aromatic nitrogens is 3. The van der Waals surface area contributed by atoms with Crippen LogP contribution in [0, 0.1) is 12.8 Å². The van der Waals surface area contributed by atoms with Crippen molar-refractivity contribution in [1.82, 2.24) is 19.5 Å². The van der Waals surface area contributed by atoms with Crippen LogP contribution in [-0.4, -0.2) is 51.2 Å². The number of hydrogen-bond donors (Lipinski definition) is 0. The molecule has 22 heavy (non-hydrogen) atoms. The molecule has 3 heterocycles. The summed E-state index contributed by atoms with van der Waals surface area (Å²) in [6.07, 6.45) is 8.92. The molecule has 1 amide bonds. The fourth-order valence-corrected chi connectivity index (χ4v) is 3.13. The molecular formula is C16H20N4O2. The van der Waals surface area contributed by atoms with Crippen molar-refractivity contribution in [2.45, 2.75) is 32.2 Å². The zero-order chi connectivity index (χ0) is 15.1. The van der Waals surface area contributed by atoms with Crippen molar-refractivity contribution in [2.24, 2.45) is 5.92 Å². The molecular weight excluding hydrogens is 280 g/mol. The standard InChI is InChI=1S/C16H20N4O2/c1-11-7-17-15-14(8-18-20(15)9-11)16(21)19-4-5-22-10-13(19)6-12-2-3-12/h7-9,12-13H,2-6,10H2,1H3. The Balaban J connectivity index is 1.62. The largest absolute Gasteiger partial charge is 0.377 e. The van der Waals surface area contributed by atoms with Crippen LogP contribution in [-0.2, 0) is 4.74 Å². The number of carbonyl (C=O) groups is 1. The van der Waals surface area contributed by atoms with E-state index < -0.39 is 0 Å². The normalized spacial score (nSPS) is 22.2. The third kappa shape index (κ3) is 2.47. The molecule has 1 aliphatic heterocycles. The Morgan fingerprint density at radius 3 is 3.09 bits per heavy atom. The Morgan fingerprint density at radius 2 is 2.27 bits per heavy atom. The molecule has 0 bridgehead atoms. The van der Waals surface area contributed by atoms with Crippen LogP contribution in [0.5, 0.6) is 0 Å². The summed E-state index contributed by atoms with van der Waals surface area (Å²) in [5.74, 6) is 0.798. The number of amides is 1. The summed E-state index contributed by atoms with van der Waals surface area (Å²) in [4.78, 5) is 19.3. The molecule has 0 aromatic carbocycles. The van der Waals surface area contributed by atoms with Crippen LogP contribution in [0.3, 0.4) is 0 Å². The van der Waals surface area contributed by atoms with E-state index in [1.54, 1.807) is 16.9 Å². The Morgan fingerprint density at radius 1 is 1.41 bits per heavy atom. The van der Waals surface area contributed by atoms with Crippen molar-refractivity contribution < 1.29 is 9.53 Å². The fraction of sp³-hybridized carbons (Fsp3) is 0.562. The van der Waals surface area contributed by atoms with E-state index in [-0.39, 0.29) is 11.9 Å². The van der Waals surface area contributed by atoms with Crippen molar-refractivity contribution >= 4 is 11.6 Å². The zero-order valence-corrected chi connectivity index (χ0v) is 12.7. The van der Waals surface area contributed by atoms with Gasteiger partial charge in [0.15, 0.2) is 5.65 Å². The minimum Gasteiger partial charge on any atom is -0.377 e. The van der Waals surface area contributed by atoms with E-state index in [4.69, 9.17) is 4.74 Å². The van der Waals surface area contributed by atoms with E-state index in [0.29, 0.717) is 31.0 Å². The van der Waals surface area contributed by atoms with Gasteiger partial charge in [-0.1, -0.05) is 12.8 Å². The third-order valence-electron chi connectivity index (χ3n) is 4.51. The minimum atomic E-state index is 0.0281. The van der Waals surface area contributed by atoms with Gasteiger partial charge >= 0.3 is 0 Å². The van der Waals surface area contributed by atoms with E-state index in [2.05, 4.69) is 10.1 Å². The smallest absolute Gasteiger partial charge is 0.259 e. The van der Waals surface area contributed by atoms with E-state index in [1.165, 1.54) is 12.8 Å². The second kappa shape index (κ2) is 5.35. The molecule has 1 saturated heterocycles. The maximum atomic E-state index is 12.9. The molecule has 1 aliphatic carbocycles. The summed E-state index contributed by atoms with van der Waals surface area (Å²) in [6, 6.07) is 0.189. The van der Waals surface area contributed by atoms with Gasteiger partial charge in [0.25, 0.3) is 5.91 Å². The van der Waals surface area contributed by atoms with Gasteiger partial charge in [0.2, 0.25) is 0 Å². The molecule has 1 atom stereocenters. The predicted octanol–water partition coefficient (Wildman–Crippen LogP) is 1.68. The lowest BCUT2D eigenvalue weighted by Crippen LogP contribution is -2.48. The quantitative estimate of drug-likeness (QED) is 0.865. The highest BCUT2D eigenvalue weighted by atomic mass is 16.5. The average molecular weight is 300 g/mol. The van der Waals surface area contributed by atoms with Crippen LogP contribution in [0.15, 0.2) is 18.6 Å². The molecule has 4 rings (SSSR count). The highest BCUT2D eigenvalue weighted by molar-refractivity contribution is 5.99. The molecule has 2 fully saturated rings. The predicted molar refractivity (Wildman–Crippen MR) is 80.7 cm³/mol. The Kier molecular flexibility index (Phi) is 3.33. The first-order valence-electron chi connectivity index (χ1n) is 7.91. The summed E-state index contributed by atoms with van der Waals surface area (Å²) in [5.41, 5.74) is 2.24. The second-order valence-corrected chi connectivity index (χ2v) is 6.36. The van der Waals surface area contributed by atoms with Gasteiger partial charge in [-0.25, -0.2) is 9.50 Å². The number of aryl methyl sites for hydroxylation is 1. The maximum absolute atomic E-state index is 12.9. The second-order valence-electron chi connectivity index (χ2n) is 6.36. The van der Waals surface area contributed by atoms with Crippen LogP contribution in [0.25, 0.3) is 5.65 Å². The molecule has 2 aromatic heterocycles. The highest BCUT2D eigenvalue weighted by Crippen LogP contribution is 2.35. The summed E-state index contributed by atoms with van der Waals surface area (Å²) < 4.78 is 7.26. The zero-order valence-electron chi connectivity index (χ0n) is 12.7. The third-order valence-corrected chi connectivity index (χ3v) is 4.51. The van der Waals surface area contributed by atoms with Crippen molar-refractivity contribution in [3.63, 3.8) is 0 Å². The average Bonchev–Trinajstić information content (AvgIpc) is 3.24. The van der Waals surface area contributed by atoms with Gasteiger partial charge in [0.1, 0.15) is 5.56 Å². The molecule has 0 radical (unpaired) electrons. The molecule has 1 unspecified atom stereocenters. The number of morpholine rings is 1. The van der Waals surface area contributed by atoms with Crippen LogP contribution in [0.4, 0.5) is 0 Å². The number of fused-ring (bicyclic) bond motifs is 1. The summed E-state index contributed by atoms with van der Waals surface area (Å²) in [6.45, 7) is 3.87. The van der Waals surface area contributed by atoms with E-state index in [9.17, 15) is 4.79 Å². The van der Waals surface area contributed by atoms with Crippen LogP contribution >= 0.6 is 0 Å². The van der Waals surface area contributed by atoms with Gasteiger partial charge in [0, 0.05) is 18.9 Å². The van der Waals surface area contributed by atoms with Gasteiger partial charge in [-0.3, -0.25) is 4.79 Å². The lowest BCUT2D eigenvalue weighted by atomic mass is 10.1. The topological polar surface area (TPSA) is 59.7 Å². The van der Waals surface area contributed by atoms with Crippen molar-refractivity contribution in [3.8, 4) is 0 Å². The van der Waals surface area contributed by atoms with Gasteiger partial charge in [-0.15, -0.1) is 0 Å². The molecule has 2 aromatic rings. The van der Waals surface area contributed by atoms with E-state index >= 15 is 0 Å². The van der Waals surface area contributed by atoms with Crippen LogP contribution in [0.2, 0.25) is 0 Å². The fourth-order valence-electron chi connectivity index (χ4n) is 3.13. The molecule has 0 N–H and O–H groups in total. The van der Waals surface area contributed by atoms with Gasteiger partial charge in [-0.05, 0) is 24.8 Å². The number of carbonyl (C=O) groups excluding carboxylic acids is 1. The molecule has 0 spiro atoms. The van der Waals surface area contributed by atoms with Gasteiger partial charge < -0.3 is 9.64 Å². The first kappa shape index (κ1) is 13.7.